The van der Waals surface area contributed by atoms with Crippen LogP contribution in [0.4, 0.5) is 5.69 Å². The minimum Gasteiger partial charge on any atom is -0.507 e. The number of nitrogens with zero attached hydrogens (tertiary/aromatic N) is 5. The Kier molecular flexibility index (Phi) is 7.05. The second-order valence-corrected chi connectivity index (χ2v) is 10.9. The van der Waals surface area contributed by atoms with Crippen molar-refractivity contribution >= 4 is 11.6 Å². The number of H-pyrrole nitrogens is 1. The van der Waals surface area contributed by atoms with Gasteiger partial charge in [0.05, 0.1) is 5.56 Å². The van der Waals surface area contributed by atoms with Gasteiger partial charge in [0.1, 0.15) is 5.75 Å². The number of amides is 1. The molecule has 0 spiro atoms. The lowest BCUT2D eigenvalue weighted by Gasteiger charge is -2.57. The highest BCUT2D eigenvalue weighted by Crippen LogP contribution is 2.42. The van der Waals surface area contributed by atoms with Crippen LogP contribution in [0.15, 0.2) is 47.8 Å². The SMILES string of the molecule is CN(c1ccc(-c2ncc(-c3cnc(=O)[nH]c3)cn2)c(O)c1)C1CC(C)(C)N(C(=O)CCN)C(C)(C)C1. The number of nitrogens with one attached hydrogen (secondary N) is 1. The Balaban J connectivity index is 1.54. The molecule has 0 atom stereocenters. The Morgan fingerprint density at radius 1 is 1.11 bits per heavy atom. The molecule has 196 valence electrons. The highest BCUT2D eigenvalue weighted by molar-refractivity contribution is 5.78. The number of carbonyl (C=O) groups excluding carboxylic acids is 1. The van der Waals surface area contributed by atoms with E-state index in [2.05, 4.69) is 52.5 Å². The number of phenolic OH excluding ortho intramolecular Hbond substituents is 1. The van der Waals surface area contributed by atoms with Crippen LogP contribution in [0.3, 0.4) is 0 Å². The second-order valence-electron chi connectivity index (χ2n) is 10.9. The lowest BCUT2D eigenvalue weighted by atomic mass is 9.76. The van der Waals surface area contributed by atoms with Gasteiger partial charge in [0.2, 0.25) is 5.91 Å². The lowest BCUT2D eigenvalue weighted by molar-refractivity contribution is -0.149. The van der Waals surface area contributed by atoms with E-state index in [9.17, 15) is 14.7 Å². The molecule has 0 aliphatic carbocycles. The molecule has 3 aromatic rings. The first-order valence-electron chi connectivity index (χ1n) is 12.4. The van der Waals surface area contributed by atoms with Gasteiger partial charge in [-0.1, -0.05) is 0 Å². The smallest absolute Gasteiger partial charge is 0.344 e. The predicted octanol–water partition coefficient (Wildman–Crippen LogP) is 2.93. The number of hydrogen-bond donors (Lipinski definition) is 3. The molecule has 4 N–H and O–H groups in total. The van der Waals surface area contributed by atoms with Crippen molar-refractivity contribution in [3.05, 3.63) is 53.5 Å². The number of benzene rings is 1. The van der Waals surface area contributed by atoms with Crippen molar-refractivity contribution in [1.82, 2.24) is 24.8 Å². The topological polar surface area (TPSA) is 141 Å². The van der Waals surface area contributed by atoms with E-state index in [1.165, 1.54) is 6.20 Å². The zero-order valence-corrected chi connectivity index (χ0v) is 22.0. The van der Waals surface area contributed by atoms with Crippen molar-refractivity contribution in [3.63, 3.8) is 0 Å². The minimum absolute atomic E-state index is 0.0805. The number of hydrogen-bond acceptors (Lipinski definition) is 8. The molecule has 0 unspecified atom stereocenters. The molecular formula is C27H35N7O3. The highest BCUT2D eigenvalue weighted by atomic mass is 16.3. The number of aromatic hydroxyl groups is 1. The summed E-state index contributed by atoms with van der Waals surface area (Å²) in [6, 6.07) is 5.65. The molecular weight excluding hydrogens is 470 g/mol. The number of phenols is 1. The molecule has 1 fully saturated rings. The van der Waals surface area contributed by atoms with E-state index in [0.717, 1.165) is 18.5 Å². The van der Waals surface area contributed by atoms with Gasteiger partial charge in [0, 0.05) is 84.8 Å². The van der Waals surface area contributed by atoms with E-state index in [4.69, 9.17) is 5.73 Å². The fourth-order valence-corrected chi connectivity index (χ4v) is 5.67. The highest BCUT2D eigenvalue weighted by Gasteiger charge is 2.48. The van der Waals surface area contributed by atoms with Crippen LogP contribution in [0.2, 0.25) is 0 Å². The van der Waals surface area contributed by atoms with Crippen molar-refractivity contribution in [3.8, 4) is 28.3 Å². The van der Waals surface area contributed by atoms with Gasteiger partial charge >= 0.3 is 5.69 Å². The van der Waals surface area contributed by atoms with E-state index < -0.39 is 5.69 Å². The molecule has 1 amide bonds. The molecule has 2 aromatic heterocycles. The zero-order valence-electron chi connectivity index (χ0n) is 22.0. The summed E-state index contributed by atoms with van der Waals surface area (Å²) in [6.07, 6.45) is 8.18. The van der Waals surface area contributed by atoms with E-state index >= 15 is 0 Å². The summed E-state index contributed by atoms with van der Waals surface area (Å²) in [5.74, 6) is 0.558. The average molecular weight is 506 g/mol. The van der Waals surface area contributed by atoms with Crippen molar-refractivity contribution in [2.24, 2.45) is 5.73 Å². The normalized spacial score (nSPS) is 17.0. The van der Waals surface area contributed by atoms with E-state index in [1.54, 1.807) is 24.7 Å². The molecule has 37 heavy (non-hydrogen) atoms. The van der Waals surface area contributed by atoms with Crippen molar-refractivity contribution in [2.45, 2.75) is 64.1 Å². The van der Waals surface area contributed by atoms with Gasteiger partial charge < -0.3 is 25.6 Å². The summed E-state index contributed by atoms with van der Waals surface area (Å²) in [5, 5.41) is 10.9. The Bertz CT molecular complexity index is 1300. The number of likely N-dealkylation sites (tertiary alicyclic amines) is 1. The summed E-state index contributed by atoms with van der Waals surface area (Å²) >= 11 is 0. The summed E-state index contributed by atoms with van der Waals surface area (Å²) in [5.41, 5.74) is 7.34. The van der Waals surface area contributed by atoms with Crippen LogP contribution in [0, 0.1) is 0 Å². The number of piperidine rings is 1. The lowest BCUT2D eigenvalue weighted by Crippen LogP contribution is -2.66. The number of nitrogens with two attached hydrogens (primary N) is 1. The van der Waals surface area contributed by atoms with Crippen molar-refractivity contribution in [1.29, 1.82) is 0 Å². The summed E-state index contributed by atoms with van der Waals surface area (Å²) in [6.45, 7) is 8.76. The van der Waals surface area contributed by atoms with Crippen LogP contribution >= 0.6 is 0 Å². The van der Waals surface area contributed by atoms with Gasteiger partial charge in [-0.05, 0) is 52.7 Å². The molecule has 0 radical (unpaired) electrons. The molecule has 3 heterocycles. The first kappa shape index (κ1) is 26.3. The molecule has 1 aliphatic heterocycles. The summed E-state index contributed by atoms with van der Waals surface area (Å²) in [7, 11) is 2.02. The first-order chi connectivity index (χ1) is 17.4. The fraction of sp³-hybridized carbons (Fsp3) is 0.444. The van der Waals surface area contributed by atoms with Crippen LogP contribution in [-0.4, -0.2) is 66.6 Å². The van der Waals surface area contributed by atoms with Gasteiger partial charge in [-0.25, -0.2) is 19.7 Å². The van der Waals surface area contributed by atoms with E-state index in [0.29, 0.717) is 35.5 Å². The van der Waals surface area contributed by atoms with E-state index in [-0.39, 0.29) is 28.8 Å². The Morgan fingerprint density at radius 2 is 1.73 bits per heavy atom. The van der Waals surface area contributed by atoms with Gasteiger partial charge in [-0.3, -0.25) is 4.79 Å². The van der Waals surface area contributed by atoms with Gasteiger partial charge in [-0.2, -0.15) is 0 Å². The predicted molar refractivity (Wildman–Crippen MR) is 143 cm³/mol. The third-order valence-electron chi connectivity index (χ3n) is 7.12. The Labute approximate surface area is 216 Å². The molecule has 10 heteroatoms. The van der Waals surface area contributed by atoms with Crippen LogP contribution in [0.25, 0.3) is 22.5 Å². The van der Waals surface area contributed by atoms with Gasteiger partial charge in [0.25, 0.3) is 0 Å². The number of aromatic amines is 1. The fourth-order valence-electron chi connectivity index (χ4n) is 5.67. The Morgan fingerprint density at radius 3 is 2.27 bits per heavy atom. The van der Waals surface area contributed by atoms with Gasteiger partial charge in [-0.15, -0.1) is 0 Å². The quantitative estimate of drug-likeness (QED) is 0.464. The van der Waals surface area contributed by atoms with Gasteiger partial charge in [0.15, 0.2) is 5.82 Å². The van der Waals surface area contributed by atoms with Crippen molar-refractivity contribution < 1.29 is 9.90 Å². The number of rotatable bonds is 6. The van der Waals surface area contributed by atoms with Crippen molar-refractivity contribution in [2.75, 3.05) is 18.5 Å². The monoisotopic (exact) mass is 505 g/mol. The molecule has 0 bridgehead atoms. The zero-order chi connectivity index (χ0) is 27.0. The standard InChI is InChI=1S/C27H35N7O3/c1-26(2)11-20(12-27(3,4)34(26)23(36)8-9-28)33(5)19-6-7-21(22(35)10-19)24-29-13-17(14-30-24)18-15-31-25(37)32-16-18/h6-7,10,13-16,20,35H,8-9,11-12,28H2,1-5H3,(H,31,32,37). The summed E-state index contributed by atoms with van der Waals surface area (Å²) < 4.78 is 0. The Hall–Kier alpha value is -3.79. The molecule has 0 saturated carbocycles. The third kappa shape index (κ3) is 5.34. The maximum absolute atomic E-state index is 12.9. The van der Waals surface area contributed by atoms with Crippen LogP contribution in [0.1, 0.15) is 47.0 Å². The van der Waals surface area contributed by atoms with Crippen LogP contribution < -0.4 is 16.3 Å². The molecule has 4 rings (SSSR count). The largest absolute Gasteiger partial charge is 0.507 e. The van der Waals surface area contributed by atoms with E-state index in [1.807, 2.05) is 24.1 Å². The molecule has 10 nitrogen and oxygen atoms in total. The molecule has 1 saturated heterocycles. The second kappa shape index (κ2) is 9.93. The van der Waals surface area contributed by atoms with Crippen LogP contribution in [-0.2, 0) is 4.79 Å². The average Bonchev–Trinajstić information content (AvgIpc) is 2.83. The first-order valence-corrected chi connectivity index (χ1v) is 12.4. The third-order valence-corrected chi connectivity index (χ3v) is 7.12. The number of aromatic nitrogens is 4. The summed E-state index contributed by atoms with van der Waals surface area (Å²) in [4.78, 5) is 43.3. The maximum Gasteiger partial charge on any atom is 0.344 e. The number of anilines is 1. The number of carbonyl (C=O) groups is 1. The molecule has 1 aromatic carbocycles. The molecule has 1 aliphatic rings. The minimum atomic E-state index is -0.422. The maximum atomic E-state index is 12.9. The van der Waals surface area contributed by atoms with Crippen LogP contribution in [0.5, 0.6) is 5.75 Å².